The molecule has 13 heteroatoms. The van der Waals surface area contributed by atoms with Gasteiger partial charge in [-0.3, -0.25) is 0 Å². The Bertz CT molecular complexity index is 1340. The second-order valence-electron chi connectivity index (χ2n) is 16.7. The van der Waals surface area contributed by atoms with Crippen LogP contribution < -0.4 is 5.32 Å². The van der Waals surface area contributed by atoms with Gasteiger partial charge in [0.15, 0.2) is 0 Å². The molecule has 0 unspecified atom stereocenters. The standard InChI is InChI=1S/C53H89NO12/c1-2-3-4-5-6-7-8-9-10-11-12-13-14-15-16-21-27-56-29-31-58-33-35-60-37-39-62-41-43-64-45-46-65-44-42-63-40-38-61-36-34-59-32-30-57-28-26-54-53(55)66-47-52-50-24-19-17-22-48(50)49-23-18-20-25-51(49)52/h17-20,22-25,52H,2-16,21,26-47H2,1H3,(H,54,55). The van der Waals surface area contributed by atoms with Gasteiger partial charge < -0.3 is 57.4 Å². The van der Waals surface area contributed by atoms with Crippen molar-refractivity contribution in [3.05, 3.63) is 59.7 Å². The molecule has 0 radical (unpaired) electrons. The van der Waals surface area contributed by atoms with Gasteiger partial charge in [-0.1, -0.05) is 152 Å². The van der Waals surface area contributed by atoms with Crippen LogP contribution in [0.5, 0.6) is 0 Å². The summed E-state index contributed by atoms with van der Waals surface area (Å²) < 4.78 is 61.2. The molecule has 2 aromatic rings. The zero-order valence-electron chi connectivity index (χ0n) is 41.0. The summed E-state index contributed by atoms with van der Waals surface area (Å²) in [6, 6.07) is 16.6. The highest BCUT2D eigenvalue weighted by Gasteiger charge is 2.29. The zero-order valence-corrected chi connectivity index (χ0v) is 41.0. The number of unbranched alkanes of at least 4 members (excludes halogenated alkanes) is 15. The Balaban J connectivity index is 0.898. The first-order chi connectivity index (χ1) is 32.8. The first-order valence-electron chi connectivity index (χ1n) is 25.7. The van der Waals surface area contributed by atoms with E-state index in [9.17, 15) is 4.79 Å². The van der Waals surface area contributed by atoms with Crippen LogP contribution in [0.3, 0.4) is 0 Å². The van der Waals surface area contributed by atoms with Gasteiger partial charge >= 0.3 is 6.09 Å². The molecule has 0 saturated heterocycles. The predicted molar refractivity (Wildman–Crippen MR) is 261 cm³/mol. The van der Waals surface area contributed by atoms with Crippen LogP contribution in [0.2, 0.25) is 0 Å². The van der Waals surface area contributed by atoms with Crippen LogP contribution >= 0.6 is 0 Å². The maximum absolute atomic E-state index is 12.3. The van der Waals surface area contributed by atoms with E-state index in [1.165, 1.54) is 119 Å². The second kappa shape index (κ2) is 43.6. The number of nitrogens with one attached hydrogen (secondary N) is 1. The Morgan fingerprint density at radius 2 is 0.667 bits per heavy atom. The second-order valence-corrected chi connectivity index (χ2v) is 16.7. The van der Waals surface area contributed by atoms with Crippen molar-refractivity contribution in [2.45, 2.75) is 116 Å². The average Bonchev–Trinajstić information content (AvgIpc) is 3.66. The summed E-state index contributed by atoms with van der Waals surface area (Å²) in [4.78, 5) is 12.3. The minimum absolute atomic E-state index is 0.0380. The van der Waals surface area contributed by atoms with E-state index in [0.29, 0.717) is 132 Å². The summed E-state index contributed by atoms with van der Waals surface area (Å²) in [5.41, 5.74) is 4.78. The first-order valence-corrected chi connectivity index (χ1v) is 25.7. The Labute approximate surface area is 398 Å². The lowest BCUT2D eigenvalue weighted by Gasteiger charge is -2.14. The molecule has 3 rings (SSSR count). The minimum atomic E-state index is -0.449. The third kappa shape index (κ3) is 30.6. The van der Waals surface area contributed by atoms with E-state index in [1.54, 1.807) is 0 Å². The molecule has 1 aliphatic carbocycles. The predicted octanol–water partition coefficient (Wildman–Crippen LogP) is 9.95. The quantitative estimate of drug-likeness (QED) is 0.0634. The highest BCUT2D eigenvalue weighted by Crippen LogP contribution is 2.44. The number of carbonyl (C=O) groups excluding carboxylic acids is 1. The monoisotopic (exact) mass is 932 g/mol. The van der Waals surface area contributed by atoms with Gasteiger partial charge in [0.1, 0.15) is 6.61 Å². The van der Waals surface area contributed by atoms with E-state index in [4.69, 9.17) is 52.1 Å². The van der Waals surface area contributed by atoms with E-state index in [0.717, 1.165) is 13.0 Å². The first kappa shape index (κ1) is 57.6. The van der Waals surface area contributed by atoms with E-state index in [-0.39, 0.29) is 12.5 Å². The smallest absolute Gasteiger partial charge is 0.407 e. The Hall–Kier alpha value is -2.69. The number of fused-ring (bicyclic) bond motifs is 3. The molecule has 0 saturated carbocycles. The molecule has 2 aromatic carbocycles. The fourth-order valence-corrected chi connectivity index (χ4v) is 7.71. The normalized spacial score (nSPS) is 12.2. The van der Waals surface area contributed by atoms with Gasteiger partial charge in [0.2, 0.25) is 0 Å². The van der Waals surface area contributed by atoms with E-state index >= 15 is 0 Å². The van der Waals surface area contributed by atoms with Crippen molar-refractivity contribution in [1.82, 2.24) is 5.32 Å². The molecule has 1 N–H and O–H groups in total. The van der Waals surface area contributed by atoms with Crippen LogP contribution in [-0.4, -0.2) is 151 Å². The molecule has 1 aliphatic rings. The SMILES string of the molecule is CCCCCCCCCCCCCCCCCCOCCOCCOCCOCCOCCOCCOCCOCCOCCOCCNC(=O)OCC1c2ccccc2-c2ccccc21. The van der Waals surface area contributed by atoms with Crippen molar-refractivity contribution < 1.29 is 56.9 Å². The van der Waals surface area contributed by atoms with Gasteiger partial charge in [0.25, 0.3) is 0 Å². The van der Waals surface area contributed by atoms with Crippen LogP contribution in [0.15, 0.2) is 48.5 Å². The fraction of sp³-hybridized carbons (Fsp3) is 0.755. The van der Waals surface area contributed by atoms with Gasteiger partial charge in [0.05, 0.1) is 126 Å². The molecule has 0 bridgehead atoms. The van der Waals surface area contributed by atoms with Crippen LogP contribution in [0.25, 0.3) is 11.1 Å². The Morgan fingerprint density at radius 3 is 1.02 bits per heavy atom. The lowest BCUT2D eigenvalue weighted by molar-refractivity contribution is -0.0264. The summed E-state index contributed by atoms with van der Waals surface area (Å²) in [6.45, 7) is 13.4. The zero-order chi connectivity index (χ0) is 46.5. The van der Waals surface area contributed by atoms with Crippen LogP contribution in [0.4, 0.5) is 4.79 Å². The van der Waals surface area contributed by atoms with Crippen molar-refractivity contribution in [1.29, 1.82) is 0 Å². The van der Waals surface area contributed by atoms with Crippen LogP contribution in [0.1, 0.15) is 127 Å². The highest BCUT2D eigenvalue weighted by atomic mass is 16.6. The molecule has 0 aliphatic heterocycles. The number of alkyl carbamates (subject to hydrolysis) is 1. The van der Waals surface area contributed by atoms with Crippen molar-refractivity contribution in [3.8, 4) is 11.1 Å². The summed E-state index contributed by atoms with van der Waals surface area (Å²) in [7, 11) is 0. The lowest BCUT2D eigenvalue weighted by atomic mass is 9.98. The molecule has 66 heavy (non-hydrogen) atoms. The van der Waals surface area contributed by atoms with Crippen molar-refractivity contribution >= 4 is 6.09 Å². The lowest BCUT2D eigenvalue weighted by Crippen LogP contribution is -2.29. The number of rotatable bonds is 49. The molecule has 1 amide bonds. The van der Waals surface area contributed by atoms with Gasteiger partial charge in [-0.15, -0.1) is 0 Å². The van der Waals surface area contributed by atoms with Crippen molar-refractivity contribution in [2.75, 3.05) is 145 Å². The maximum atomic E-state index is 12.3. The summed E-state index contributed by atoms with van der Waals surface area (Å²) >= 11 is 0. The molecule has 378 valence electrons. The number of hydrogen-bond donors (Lipinski definition) is 1. The number of amides is 1. The molecule has 0 spiro atoms. The number of hydrogen-bond acceptors (Lipinski definition) is 12. The number of carbonyl (C=O) groups is 1. The third-order valence-electron chi connectivity index (χ3n) is 11.3. The third-order valence-corrected chi connectivity index (χ3v) is 11.3. The largest absolute Gasteiger partial charge is 0.449 e. The Morgan fingerprint density at radius 1 is 0.379 bits per heavy atom. The molecule has 0 atom stereocenters. The molecule has 0 fully saturated rings. The molecular weight excluding hydrogens is 843 g/mol. The maximum Gasteiger partial charge on any atom is 0.407 e. The number of benzene rings is 2. The van der Waals surface area contributed by atoms with E-state index < -0.39 is 6.09 Å². The molecule has 13 nitrogen and oxygen atoms in total. The summed E-state index contributed by atoms with van der Waals surface area (Å²) in [5, 5.41) is 2.75. The fourth-order valence-electron chi connectivity index (χ4n) is 7.71. The summed E-state index contributed by atoms with van der Waals surface area (Å²) in [5.74, 6) is 0.0380. The van der Waals surface area contributed by atoms with Gasteiger partial charge in [-0.2, -0.15) is 0 Å². The van der Waals surface area contributed by atoms with Gasteiger partial charge in [-0.05, 0) is 28.7 Å². The van der Waals surface area contributed by atoms with Crippen molar-refractivity contribution in [3.63, 3.8) is 0 Å². The van der Waals surface area contributed by atoms with E-state index in [1.807, 2.05) is 24.3 Å². The number of ether oxygens (including phenoxy) is 11. The molecular formula is C53H89NO12. The minimum Gasteiger partial charge on any atom is -0.449 e. The Kier molecular flexibility index (Phi) is 38.1. The van der Waals surface area contributed by atoms with Gasteiger partial charge in [0, 0.05) is 19.1 Å². The van der Waals surface area contributed by atoms with Crippen LogP contribution in [-0.2, 0) is 52.1 Å². The molecule has 0 heterocycles. The molecule has 0 aromatic heterocycles. The van der Waals surface area contributed by atoms with Crippen LogP contribution in [0, 0.1) is 0 Å². The summed E-state index contributed by atoms with van der Waals surface area (Å²) in [6.07, 6.45) is 21.7. The highest BCUT2D eigenvalue weighted by molar-refractivity contribution is 5.79. The van der Waals surface area contributed by atoms with Gasteiger partial charge in [-0.25, -0.2) is 4.79 Å². The average molecular weight is 932 g/mol. The topological polar surface area (TPSA) is 131 Å². The van der Waals surface area contributed by atoms with E-state index in [2.05, 4.69) is 36.5 Å². The van der Waals surface area contributed by atoms with Crippen molar-refractivity contribution in [2.24, 2.45) is 0 Å².